The van der Waals surface area contributed by atoms with Crippen molar-refractivity contribution in [3.05, 3.63) is 29.8 Å². The van der Waals surface area contributed by atoms with Crippen molar-refractivity contribution in [2.45, 2.75) is 6.04 Å². The summed E-state index contributed by atoms with van der Waals surface area (Å²) in [5.41, 5.74) is 0.588. The normalized spacial score (nSPS) is 20.8. The molecule has 5 nitrogen and oxygen atoms in total. The third-order valence-corrected chi connectivity index (χ3v) is 2.51. The number of likely N-dealkylation sites (N-methyl/N-ethyl adjacent to an activating group) is 1. The first-order valence-electron chi connectivity index (χ1n) is 4.91. The van der Waals surface area contributed by atoms with Gasteiger partial charge in [0, 0.05) is 7.05 Å². The van der Waals surface area contributed by atoms with Gasteiger partial charge in [0.05, 0.1) is 6.54 Å². The zero-order chi connectivity index (χ0) is 11.7. The van der Waals surface area contributed by atoms with Crippen LogP contribution in [-0.4, -0.2) is 35.4 Å². The third-order valence-electron chi connectivity index (χ3n) is 2.51. The minimum absolute atomic E-state index is 0.0766. The van der Waals surface area contributed by atoms with Gasteiger partial charge in [-0.1, -0.05) is 12.1 Å². The average molecular weight is 220 g/mol. The molecular weight excluding hydrogens is 208 g/mol. The molecule has 2 N–H and O–H groups in total. The van der Waals surface area contributed by atoms with Gasteiger partial charge in [-0.05, 0) is 17.7 Å². The number of carbonyl (C=O) groups excluding carboxylic acids is 2. The number of amides is 2. The van der Waals surface area contributed by atoms with Gasteiger partial charge < -0.3 is 15.3 Å². The number of phenolic OH excluding ortho intramolecular Hbond substituents is 1. The van der Waals surface area contributed by atoms with E-state index in [1.54, 1.807) is 19.2 Å². The SMILES string of the molecule is CN1CC(=O)N[C@@H](c2cccc(O)c2)C1=O. The van der Waals surface area contributed by atoms with Gasteiger partial charge in [-0.3, -0.25) is 9.59 Å². The van der Waals surface area contributed by atoms with E-state index >= 15 is 0 Å². The molecule has 1 atom stereocenters. The van der Waals surface area contributed by atoms with E-state index in [2.05, 4.69) is 5.32 Å². The van der Waals surface area contributed by atoms with Gasteiger partial charge in [0.1, 0.15) is 11.8 Å². The van der Waals surface area contributed by atoms with Crippen molar-refractivity contribution in [1.29, 1.82) is 0 Å². The topological polar surface area (TPSA) is 69.6 Å². The average Bonchev–Trinajstić information content (AvgIpc) is 2.23. The Morgan fingerprint density at radius 2 is 2.19 bits per heavy atom. The van der Waals surface area contributed by atoms with Gasteiger partial charge in [-0.25, -0.2) is 0 Å². The fourth-order valence-corrected chi connectivity index (χ4v) is 1.71. The van der Waals surface area contributed by atoms with Gasteiger partial charge in [-0.15, -0.1) is 0 Å². The predicted octanol–water partition coefficient (Wildman–Crippen LogP) is 0.0215. The molecule has 1 aromatic carbocycles. The van der Waals surface area contributed by atoms with E-state index in [-0.39, 0.29) is 24.1 Å². The number of phenols is 1. The Bertz CT molecular complexity index is 445. The molecule has 5 heteroatoms. The molecule has 0 bridgehead atoms. The lowest BCUT2D eigenvalue weighted by atomic mass is 10.0. The van der Waals surface area contributed by atoms with E-state index in [0.29, 0.717) is 5.56 Å². The van der Waals surface area contributed by atoms with Crippen molar-refractivity contribution in [2.24, 2.45) is 0 Å². The van der Waals surface area contributed by atoms with Crippen LogP contribution < -0.4 is 5.32 Å². The third kappa shape index (κ3) is 1.84. The Morgan fingerprint density at radius 1 is 1.44 bits per heavy atom. The summed E-state index contributed by atoms with van der Waals surface area (Å²) in [6.45, 7) is 0.0775. The zero-order valence-electron chi connectivity index (χ0n) is 8.80. The lowest BCUT2D eigenvalue weighted by Crippen LogP contribution is -2.51. The number of benzene rings is 1. The first kappa shape index (κ1) is 10.5. The highest BCUT2D eigenvalue weighted by atomic mass is 16.3. The number of hydrogen-bond acceptors (Lipinski definition) is 3. The van der Waals surface area contributed by atoms with Crippen LogP contribution in [0, 0.1) is 0 Å². The summed E-state index contributed by atoms with van der Waals surface area (Å²) in [5.74, 6) is -0.298. The summed E-state index contributed by atoms with van der Waals surface area (Å²) in [6.07, 6.45) is 0. The summed E-state index contributed by atoms with van der Waals surface area (Å²) < 4.78 is 0. The highest BCUT2D eigenvalue weighted by Gasteiger charge is 2.31. The molecule has 1 fully saturated rings. The fourth-order valence-electron chi connectivity index (χ4n) is 1.71. The largest absolute Gasteiger partial charge is 0.508 e. The minimum Gasteiger partial charge on any atom is -0.508 e. The number of nitrogens with zero attached hydrogens (tertiary/aromatic N) is 1. The van der Waals surface area contributed by atoms with Crippen LogP contribution in [0.25, 0.3) is 0 Å². The minimum atomic E-state index is -0.696. The molecule has 1 saturated heterocycles. The van der Waals surface area contributed by atoms with Gasteiger partial charge in [-0.2, -0.15) is 0 Å². The van der Waals surface area contributed by atoms with Crippen molar-refractivity contribution in [1.82, 2.24) is 10.2 Å². The maximum absolute atomic E-state index is 11.8. The van der Waals surface area contributed by atoms with Crippen LogP contribution in [0.15, 0.2) is 24.3 Å². The van der Waals surface area contributed by atoms with E-state index in [1.165, 1.54) is 17.0 Å². The second kappa shape index (κ2) is 3.84. The predicted molar refractivity (Wildman–Crippen MR) is 56.6 cm³/mol. The lowest BCUT2D eigenvalue weighted by Gasteiger charge is -2.29. The van der Waals surface area contributed by atoms with Crippen LogP contribution in [0.4, 0.5) is 0 Å². The fraction of sp³-hybridized carbons (Fsp3) is 0.273. The molecule has 0 aromatic heterocycles. The van der Waals surface area contributed by atoms with Crippen LogP contribution in [0.1, 0.15) is 11.6 Å². The quantitative estimate of drug-likeness (QED) is 0.701. The van der Waals surface area contributed by atoms with E-state index < -0.39 is 6.04 Å². The number of aromatic hydroxyl groups is 1. The molecule has 84 valence electrons. The van der Waals surface area contributed by atoms with Crippen molar-refractivity contribution in [2.75, 3.05) is 13.6 Å². The first-order valence-corrected chi connectivity index (χ1v) is 4.91. The number of rotatable bonds is 1. The summed E-state index contributed by atoms with van der Waals surface area (Å²) in [7, 11) is 1.58. The highest BCUT2D eigenvalue weighted by molar-refractivity contribution is 5.95. The number of carbonyl (C=O) groups is 2. The Hall–Kier alpha value is -2.04. The molecule has 0 spiro atoms. The molecule has 16 heavy (non-hydrogen) atoms. The second-order valence-electron chi connectivity index (χ2n) is 3.79. The Balaban J connectivity index is 2.32. The summed E-state index contributed by atoms with van der Waals surface area (Å²) in [5, 5.41) is 11.9. The molecule has 2 rings (SSSR count). The molecule has 0 aliphatic carbocycles. The van der Waals surface area contributed by atoms with E-state index in [1.807, 2.05) is 0 Å². The van der Waals surface area contributed by atoms with Gasteiger partial charge in [0.15, 0.2) is 0 Å². The smallest absolute Gasteiger partial charge is 0.250 e. The Morgan fingerprint density at radius 3 is 2.88 bits per heavy atom. The van der Waals surface area contributed by atoms with E-state index in [4.69, 9.17) is 0 Å². The van der Waals surface area contributed by atoms with Crippen molar-refractivity contribution < 1.29 is 14.7 Å². The Labute approximate surface area is 92.7 Å². The molecule has 0 radical (unpaired) electrons. The van der Waals surface area contributed by atoms with Crippen molar-refractivity contribution in [3.63, 3.8) is 0 Å². The number of nitrogens with one attached hydrogen (secondary N) is 1. The van der Waals surface area contributed by atoms with Gasteiger partial charge >= 0.3 is 0 Å². The maximum atomic E-state index is 11.8. The van der Waals surface area contributed by atoms with Crippen molar-refractivity contribution >= 4 is 11.8 Å². The van der Waals surface area contributed by atoms with E-state index in [9.17, 15) is 14.7 Å². The molecule has 1 heterocycles. The Kier molecular flexibility index (Phi) is 2.52. The summed E-state index contributed by atoms with van der Waals surface area (Å²) in [4.78, 5) is 24.5. The molecule has 0 saturated carbocycles. The molecule has 0 unspecified atom stereocenters. The molecule has 1 aromatic rings. The zero-order valence-corrected chi connectivity index (χ0v) is 8.80. The van der Waals surface area contributed by atoms with Crippen LogP contribution in [-0.2, 0) is 9.59 Å². The van der Waals surface area contributed by atoms with Crippen LogP contribution in [0.2, 0.25) is 0 Å². The molecule has 1 aliphatic heterocycles. The first-order chi connectivity index (χ1) is 7.58. The monoisotopic (exact) mass is 220 g/mol. The molecular formula is C11H12N2O3. The van der Waals surface area contributed by atoms with Crippen LogP contribution >= 0.6 is 0 Å². The van der Waals surface area contributed by atoms with Crippen LogP contribution in [0.5, 0.6) is 5.75 Å². The summed E-state index contributed by atoms with van der Waals surface area (Å²) in [6, 6.07) is 5.63. The standard InChI is InChI=1S/C11H12N2O3/c1-13-6-9(15)12-10(11(13)16)7-3-2-4-8(14)5-7/h2-5,10,14H,6H2,1H3,(H,12,15)/t10-/m0/s1. The number of hydrogen-bond donors (Lipinski definition) is 2. The number of piperazine rings is 1. The van der Waals surface area contributed by atoms with E-state index in [0.717, 1.165) is 0 Å². The highest BCUT2D eigenvalue weighted by Crippen LogP contribution is 2.21. The van der Waals surface area contributed by atoms with Crippen molar-refractivity contribution in [3.8, 4) is 5.75 Å². The van der Waals surface area contributed by atoms with Gasteiger partial charge in [0.25, 0.3) is 0 Å². The van der Waals surface area contributed by atoms with Crippen LogP contribution in [0.3, 0.4) is 0 Å². The molecule has 2 amide bonds. The maximum Gasteiger partial charge on any atom is 0.250 e. The second-order valence-corrected chi connectivity index (χ2v) is 3.79. The lowest BCUT2D eigenvalue weighted by molar-refractivity contribution is -0.143. The molecule has 1 aliphatic rings. The van der Waals surface area contributed by atoms with Gasteiger partial charge in [0.2, 0.25) is 11.8 Å². The summed E-state index contributed by atoms with van der Waals surface area (Å²) >= 11 is 0.